The van der Waals surface area contributed by atoms with E-state index < -0.39 is 0 Å². The highest BCUT2D eigenvalue weighted by atomic mass is 79.9. The van der Waals surface area contributed by atoms with Gasteiger partial charge in [0.2, 0.25) is 0 Å². The van der Waals surface area contributed by atoms with E-state index in [-0.39, 0.29) is 18.3 Å². The molecule has 0 atom stereocenters. The molecule has 1 amide bonds. The number of carbonyl (C=O) groups is 1. The zero-order valence-corrected chi connectivity index (χ0v) is 16.9. The molecule has 6 heteroatoms. The Kier molecular flexibility index (Phi) is 5.48. The number of benzene rings is 3. The molecule has 1 heterocycles. The topological polar surface area (TPSA) is 32.8 Å². The van der Waals surface area contributed by atoms with Gasteiger partial charge in [-0.1, -0.05) is 42.5 Å². The highest BCUT2D eigenvalue weighted by Crippen LogP contribution is 2.33. The molecule has 1 aliphatic rings. The third-order valence-corrected chi connectivity index (χ3v) is 5.82. The smallest absolute Gasteiger partial charge is 0.260 e. The standard InChI is InChI=1S/C22H20BrFN2O2/c23-22-17-6-2-1-5-16(17)9-10-20(22)28-15-21(27)26-13-11-25(12-14-26)19-8-4-3-7-18(19)24/h1-10H,11-15H2. The summed E-state index contributed by atoms with van der Waals surface area (Å²) in [5, 5.41) is 2.16. The van der Waals surface area contributed by atoms with Gasteiger partial charge in [-0.3, -0.25) is 4.79 Å². The molecule has 0 bridgehead atoms. The molecule has 0 radical (unpaired) electrons. The lowest BCUT2D eigenvalue weighted by Gasteiger charge is -2.36. The lowest BCUT2D eigenvalue weighted by Crippen LogP contribution is -2.50. The molecular formula is C22H20BrFN2O2. The Morgan fingerprint density at radius 1 is 0.964 bits per heavy atom. The number of ether oxygens (including phenoxy) is 1. The van der Waals surface area contributed by atoms with Gasteiger partial charge in [-0.15, -0.1) is 0 Å². The number of amides is 1. The van der Waals surface area contributed by atoms with Gasteiger partial charge in [0.05, 0.1) is 10.2 Å². The van der Waals surface area contributed by atoms with E-state index >= 15 is 0 Å². The zero-order valence-electron chi connectivity index (χ0n) is 15.3. The molecule has 0 N–H and O–H groups in total. The van der Waals surface area contributed by atoms with Gasteiger partial charge in [0, 0.05) is 26.2 Å². The molecule has 0 unspecified atom stereocenters. The number of hydrogen-bond donors (Lipinski definition) is 0. The summed E-state index contributed by atoms with van der Waals surface area (Å²) in [7, 11) is 0. The Balaban J connectivity index is 1.35. The van der Waals surface area contributed by atoms with Gasteiger partial charge in [-0.2, -0.15) is 0 Å². The van der Waals surface area contributed by atoms with E-state index in [0.29, 0.717) is 37.6 Å². The molecule has 1 fully saturated rings. The minimum Gasteiger partial charge on any atom is -0.483 e. The first-order valence-electron chi connectivity index (χ1n) is 9.21. The number of halogens is 2. The molecule has 1 saturated heterocycles. The van der Waals surface area contributed by atoms with Crippen LogP contribution in [0.4, 0.5) is 10.1 Å². The summed E-state index contributed by atoms with van der Waals surface area (Å²) in [5.41, 5.74) is 0.589. The lowest BCUT2D eigenvalue weighted by molar-refractivity contribution is -0.133. The van der Waals surface area contributed by atoms with Crippen LogP contribution in [0, 0.1) is 5.82 Å². The Labute approximate surface area is 171 Å². The molecule has 144 valence electrons. The van der Waals surface area contributed by atoms with Crippen LogP contribution in [0.5, 0.6) is 5.75 Å². The zero-order chi connectivity index (χ0) is 19.5. The summed E-state index contributed by atoms with van der Waals surface area (Å²) in [6, 6.07) is 18.6. The van der Waals surface area contributed by atoms with E-state index in [9.17, 15) is 9.18 Å². The van der Waals surface area contributed by atoms with Gasteiger partial charge in [0.25, 0.3) is 5.91 Å². The second-order valence-corrected chi connectivity index (χ2v) is 7.50. The minimum absolute atomic E-state index is 0.0172. The Hall–Kier alpha value is -2.60. The number of nitrogens with zero attached hydrogens (tertiary/aromatic N) is 2. The molecule has 0 saturated carbocycles. The second-order valence-electron chi connectivity index (χ2n) is 6.71. The molecular weight excluding hydrogens is 423 g/mol. The molecule has 0 aliphatic carbocycles. The fourth-order valence-electron chi connectivity index (χ4n) is 3.46. The van der Waals surface area contributed by atoms with Crippen molar-refractivity contribution in [2.45, 2.75) is 0 Å². The fraction of sp³-hybridized carbons (Fsp3) is 0.227. The number of hydrogen-bond acceptors (Lipinski definition) is 3. The van der Waals surface area contributed by atoms with Crippen LogP contribution in [-0.4, -0.2) is 43.6 Å². The molecule has 28 heavy (non-hydrogen) atoms. The predicted octanol–water partition coefficient (Wildman–Crippen LogP) is 4.47. The monoisotopic (exact) mass is 442 g/mol. The predicted molar refractivity (Wildman–Crippen MR) is 112 cm³/mol. The summed E-state index contributed by atoms with van der Waals surface area (Å²) in [6.45, 7) is 2.29. The van der Waals surface area contributed by atoms with Crippen LogP contribution in [0.2, 0.25) is 0 Å². The normalized spacial score (nSPS) is 14.4. The van der Waals surface area contributed by atoms with Crippen molar-refractivity contribution >= 4 is 38.3 Å². The Morgan fingerprint density at radius 2 is 1.68 bits per heavy atom. The lowest BCUT2D eigenvalue weighted by atomic mass is 10.1. The first-order chi connectivity index (χ1) is 13.6. The minimum atomic E-state index is -0.230. The van der Waals surface area contributed by atoms with Crippen molar-refractivity contribution in [3.05, 3.63) is 71.0 Å². The quantitative estimate of drug-likeness (QED) is 0.597. The van der Waals surface area contributed by atoms with E-state index in [2.05, 4.69) is 15.9 Å². The van der Waals surface area contributed by atoms with E-state index in [1.807, 2.05) is 47.4 Å². The second kappa shape index (κ2) is 8.19. The van der Waals surface area contributed by atoms with Crippen LogP contribution in [0.25, 0.3) is 10.8 Å². The van der Waals surface area contributed by atoms with Crippen molar-refractivity contribution in [3.8, 4) is 5.75 Å². The van der Waals surface area contributed by atoms with Gasteiger partial charge in [0.1, 0.15) is 11.6 Å². The van der Waals surface area contributed by atoms with Crippen molar-refractivity contribution in [1.29, 1.82) is 0 Å². The maximum atomic E-state index is 13.9. The van der Waals surface area contributed by atoms with Crippen LogP contribution in [0.15, 0.2) is 65.1 Å². The highest BCUT2D eigenvalue weighted by Gasteiger charge is 2.23. The highest BCUT2D eigenvalue weighted by molar-refractivity contribution is 9.10. The molecule has 0 aromatic heterocycles. The largest absolute Gasteiger partial charge is 0.483 e. The fourth-order valence-corrected chi connectivity index (χ4v) is 4.07. The van der Waals surface area contributed by atoms with Crippen molar-refractivity contribution in [1.82, 2.24) is 4.90 Å². The van der Waals surface area contributed by atoms with Crippen LogP contribution in [0.1, 0.15) is 0 Å². The number of piperazine rings is 1. The molecule has 3 aromatic carbocycles. The van der Waals surface area contributed by atoms with E-state index in [1.54, 1.807) is 17.0 Å². The number of anilines is 1. The average molecular weight is 443 g/mol. The van der Waals surface area contributed by atoms with Crippen molar-refractivity contribution in [3.63, 3.8) is 0 Å². The van der Waals surface area contributed by atoms with Crippen molar-refractivity contribution in [2.75, 3.05) is 37.7 Å². The summed E-state index contributed by atoms with van der Waals surface area (Å²) in [5.74, 6) is 0.358. The number of fused-ring (bicyclic) bond motifs is 1. The first-order valence-corrected chi connectivity index (χ1v) is 10.00. The maximum Gasteiger partial charge on any atom is 0.260 e. The molecule has 3 aromatic rings. The summed E-state index contributed by atoms with van der Waals surface area (Å²) >= 11 is 3.58. The summed E-state index contributed by atoms with van der Waals surface area (Å²) in [4.78, 5) is 16.3. The van der Waals surface area contributed by atoms with E-state index in [4.69, 9.17) is 4.74 Å². The first kappa shape index (κ1) is 18.7. The van der Waals surface area contributed by atoms with E-state index in [1.165, 1.54) is 6.07 Å². The van der Waals surface area contributed by atoms with Gasteiger partial charge in [-0.05, 0) is 44.9 Å². The number of para-hydroxylation sites is 1. The summed E-state index contributed by atoms with van der Waals surface area (Å²) < 4.78 is 20.6. The molecule has 0 spiro atoms. The van der Waals surface area contributed by atoms with Crippen LogP contribution >= 0.6 is 15.9 Å². The number of carbonyl (C=O) groups excluding carboxylic acids is 1. The average Bonchev–Trinajstić information content (AvgIpc) is 2.74. The van der Waals surface area contributed by atoms with E-state index in [0.717, 1.165) is 15.2 Å². The SMILES string of the molecule is O=C(COc1ccc2ccccc2c1Br)N1CCN(c2ccccc2F)CC1. The third kappa shape index (κ3) is 3.83. The maximum absolute atomic E-state index is 13.9. The van der Waals surface area contributed by atoms with Crippen LogP contribution < -0.4 is 9.64 Å². The van der Waals surface area contributed by atoms with Gasteiger partial charge >= 0.3 is 0 Å². The molecule has 4 nitrogen and oxygen atoms in total. The van der Waals surface area contributed by atoms with Crippen molar-refractivity contribution < 1.29 is 13.9 Å². The van der Waals surface area contributed by atoms with Gasteiger partial charge in [-0.25, -0.2) is 4.39 Å². The summed E-state index contributed by atoms with van der Waals surface area (Å²) in [6.07, 6.45) is 0. The van der Waals surface area contributed by atoms with Crippen molar-refractivity contribution in [2.24, 2.45) is 0 Å². The molecule has 1 aliphatic heterocycles. The van der Waals surface area contributed by atoms with Gasteiger partial charge in [0.15, 0.2) is 6.61 Å². The Bertz CT molecular complexity index is 1000. The van der Waals surface area contributed by atoms with Crippen LogP contribution in [0.3, 0.4) is 0 Å². The van der Waals surface area contributed by atoms with Gasteiger partial charge < -0.3 is 14.5 Å². The number of rotatable bonds is 4. The molecule has 4 rings (SSSR count). The Morgan fingerprint density at radius 3 is 2.46 bits per heavy atom. The van der Waals surface area contributed by atoms with Crippen LogP contribution in [-0.2, 0) is 4.79 Å². The third-order valence-electron chi connectivity index (χ3n) is 5.00.